The van der Waals surface area contributed by atoms with Crippen molar-refractivity contribution in [3.05, 3.63) is 0 Å². The maximum Gasteiger partial charge on any atom is 0.315 e. The zero-order valence-electron chi connectivity index (χ0n) is 13.0. The van der Waals surface area contributed by atoms with Crippen LogP contribution in [0.25, 0.3) is 0 Å². The molecule has 0 aliphatic heterocycles. The molecule has 2 unspecified atom stereocenters. The summed E-state index contributed by atoms with van der Waals surface area (Å²) in [6.45, 7) is 2.20. The summed E-state index contributed by atoms with van der Waals surface area (Å²) in [5.41, 5.74) is -0.533. The average molecular weight is 296 g/mol. The lowest BCUT2D eigenvalue weighted by atomic mass is 9.84. The molecule has 0 aromatic rings. The van der Waals surface area contributed by atoms with Crippen molar-refractivity contribution in [2.45, 2.75) is 82.7 Å². The van der Waals surface area contributed by atoms with E-state index in [-0.39, 0.29) is 18.5 Å². The normalized spacial score (nSPS) is 28.0. The molecule has 120 valence electrons. The van der Waals surface area contributed by atoms with Crippen LogP contribution in [0.4, 0.5) is 4.79 Å². The molecule has 2 amide bonds. The van der Waals surface area contributed by atoms with Gasteiger partial charge in [0.2, 0.25) is 0 Å². The third kappa shape index (κ3) is 4.61. The summed E-state index contributed by atoms with van der Waals surface area (Å²) < 4.78 is 0. The summed E-state index contributed by atoms with van der Waals surface area (Å²) in [7, 11) is 0. The first kappa shape index (κ1) is 16.1. The van der Waals surface area contributed by atoms with Gasteiger partial charge in [0.25, 0.3) is 0 Å². The molecule has 0 radical (unpaired) electrons. The first-order chi connectivity index (χ1) is 10.0. The molecular weight excluding hydrogens is 268 g/mol. The maximum atomic E-state index is 12.2. The van der Waals surface area contributed by atoms with E-state index >= 15 is 0 Å². The minimum atomic E-state index is -0.832. The Hall–Kier alpha value is -1.26. The number of nitrogens with one attached hydrogen (secondary N) is 2. The second-order valence-electron chi connectivity index (χ2n) is 6.79. The molecular formula is C16H28N2O3. The van der Waals surface area contributed by atoms with Crippen LogP contribution < -0.4 is 10.6 Å². The third-order valence-electron chi connectivity index (χ3n) is 5.12. The molecule has 5 nitrogen and oxygen atoms in total. The number of amides is 2. The van der Waals surface area contributed by atoms with Crippen LogP contribution in [0.15, 0.2) is 0 Å². The topological polar surface area (TPSA) is 78.4 Å². The van der Waals surface area contributed by atoms with Crippen molar-refractivity contribution >= 4 is 12.0 Å². The molecule has 0 spiro atoms. The van der Waals surface area contributed by atoms with Gasteiger partial charge in [0.15, 0.2) is 0 Å². The number of carboxylic acid groups (broad SMARTS) is 1. The Balaban J connectivity index is 1.86. The van der Waals surface area contributed by atoms with Crippen LogP contribution in [-0.4, -0.2) is 28.7 Å². The van der Waals surface area contributed by atoms with Gasteiger partial charge in [0.05, 0.1) is 12.0 Å². The summed E-state index contributed by atoms with van der Waals surface area (Å²) in [5, 5.41) is 15.1. The Morgan fingerprint density at radius 1 is 1.19 bits per heavy atom. The highest BCUT2D eigenvalue weighted by molar-refractivity contribution is 5.77. The van der Waals surface area contributed by atoms with E-state index in [4.69, 9.17) is 5.11 Å². The molecule has 21 heavy (non-hydrogen) atoms. The van der Waals surface area contributed by atoms with Crippen LogP contribution in [0.3, 0.4) is 0 Å². The Morgan fingerprint density at radius 3 is 2.52 bits per heavy atom. The second kappa shape index (κ2) is 7.14. The van der Waals surface area contributed by atoms with E-state index in [0.29, 0.717) is 5.92 Å². The number of carboxylic acids is 1. The molecule has 2 aliphatic rings. The third-order valence-corrected chi connectivity index (χ3v) is 5.12. The average Bonchev–Trinajstić information content (AvgIpc) is 2.85. The van der Waals surface area contributed by atoms with Gasteiger partial charge in [-0.2, -0.15) is 0 Å². The van der Waals surface area contributed by atoms with Crippen molar-refractivity contribution in [3.8, 4) is 0 Å². The van der Waals surface area contributed by atoms with Crippen LogP contribution in [-0.2, 0) is 4.79 Å². The number of rotatable bonds is 5. The van der Waals surface area contributed by atoms with Gasteiger partial charge in [0, 0.05) is 6.04 Å². The fraction of sp³-hybridized carbons (Fsp3) is 0.875. The summed E-state index contributed by atoms with van der Waals surface area (Å²) in [5.74, 6) is -0.121. The van der Waals surface area contributed by atoms with E-state index in [1.807, 2.05) is 0 Å². The van der Waals surface area contributed by atoms with E-state index in [1.54, 1.807) is 0 Å². The standard InChI is InChI=1S/C16H28N2O3/c1-2-12-6-5-7-13(10-12)17-15(21)18-16(11-14(19)20)8-3-4-9-16/h12-13H,2-11H2,1H3,(H,19,20)(H2,17,18,21). The molecule has 3 N–H and O–H groups in total. The molecule has 2 atom stereocenters. The summed E-state index contributed by atoms with van der Waals surface area (Å²) in [4.78, 5) is 23.3. The molecule has 0 bridgehead atoms. The van der Waals surface area contributed by atoms with Gasteiger partial charge in [-0.1, -0.05) is 39.0 Å². The largest absolute Gasteiger partial charge is 0.481 e. The van der Waals surface area contributed by atoms with E-state index in [9.17, 15) is 9.59 Å². The second-order valence-corrected chi connectivity index (χ2v) is 6.79. The van der Waals surface area contributed by atoms with Crippen molar-refractivity contribution < 1.29 is 14.7 Å². The minimum Gasteiger partial charge on any atom is -0.481 e. The fourth-order valence-corrected chi connectivity index (χ4v) is 3.94. The van der Waals surface area contributed by atoms with Gasteiger partial charge in [0.1, 0.15) is 0 Å². The van der Waals surface area contributed by atoms with E-state index in [0.717, 1.165) is 38.5 Å². The van der Waals surface area contributed by atoms with Crippen LogP contribution >= 0.6 is 0 Å². The molecule has 0 saturated heterocycles. The van der Waals surface area contributed by atoms with Gasteiger partial charge in [-0.05, 0) is 31.6 Å². The predicted octanol–water partition coefficient (Wildman–Crippen LogP) is 3.04. The smallest absolute Gasteiger partial charge is 0.315 e. The lowest BCUT2D eigenvalue weighted by Crippen LogP contribution is -2.54. The molecule has 5 heteroatoms. The molecule has 0 aromatic carbocycles. The summed E-state index contributed by atoms with van der Waals surface area (Å²) in [6, 6.07) is 0.0619. The quantitative estimate of drug-likeness (QED) is 0.729. The van der Waals surface area contributed by atoms with Crippen molar-refractivity contribution in [1.82, 2.24) is 10.6 Å². The number of carbonyl (C=O) groups is 2. The van der Waals surface area contributed by atoms with Gasteiger partial charge in [-0.15, -0.1) is 0 Å². The zero-order valence-corrected chi connectivity index (χ0v) is 13.0. The Labute approximate surface area is 126 Å². The summed E-state index contributed by atoms with van der Waals surface area (Å²) >= 11 is 0. The minimum absolute atomic E-state index is 0.0304. The number of urea groups is 1. The molecule has 0 aromatic heterocycles. The van der Waals surface area contributed by atoms with Crippen molar-refractivity contribution in [2.24, 2.45) is 5.92 Å². The van der Waals surface area contributed by atoms with Gasteiger partial charge < -0.3 is 15.7 Å². The Morgan fingerprint density at radius 2 is 1.90 bits per heavy atom. The highest BCUT2D eigenvalue weighted by Gasteiger charge is 2.37. The first-order valence-corrected chi connectivity index (χ1v) is 8.33. The molecule has 2 rings (SSSR count). The van der Waals surface area contributed by atoms with E-state index in [2.05, 4.69) is 17.6 Å². The molecule has 2 aliphatic carbocycles. The summed E-state index contributed by atoms with van der Waals surface area (Å²) in [6.07, 6.45) is 9.26. The fourth-order valence-electron chi connectivity index (χ4n) is 3.94. The molecule has 2 saturated carbocycles. The maximum absolute atomic E-state index is 12.2. The Bertz CT molecular complexity index is 378. The van der Waals surface area contributed by atoms with Crippen molar-refractivity contribution in [3.63, 3.8) is 0 Å². The van der Waals surface area contributed by atoms with E-state index in [1.165, 1.54) is 19.3 Å². The number of aliphatic carboxylic acids is 1. The van der Waals surface area contributed by atoms with Crippen LogP contribution in [0.5, 0.6) is 0 Å². The van der Waals surface area contributed by atoms with Crippen LogP contribution in [0, 0.1) is 5.92 Å². The van der Waals surface area contributed by atoms with Crippen LogP contribution in [0.2, 0.25) is 0 Å². The highest BCUT2D eigenvalue weighted by atomic mass is 16.4. The zero-order chi connectivity index (χ0) is 15.3. The number of hydrogen-bond acceptors (Lipinski definition) is 2. The Kier molecular flexibility index (Phi) is 5.48. The molecule has 2 fully saturated rings. The highest BCUT2D eigenvalue weighted by Crippen LogP contribution is 2.33. The van der Waals surface area contributed by atoms with Crippen molar-refractivity contribution in [2.75, 3.05) is 0 Å². The lowest BCUT2D eigenvalue weighted by molar-refractivity contribution is -0.138. The van der Waals surface area contributed by atoms with Crippen LogP contribution in [0.1, 0.15) is 71.1 Å². The predicted molar refractivity (Wildman–Crippen MR) is 81.2 cm³/mol. The van der Waals surface area contributed by atoms with Crippen molar-refractivity contribution in [1.29, 1.82) is 0 Å². The lowest BCUT2D eigenvalue weighted by Gasteiger charge is -2.32. The number of carbonyl (C=O) groups excluding carboxylic acids is 1. The van der Waals surface area contributed by atoms with E-state index < -0.39 is 11.5 Å². The van der Waals surface area contributed by atoms with Gasteiger partial charge >= 0.3 is 12.0 Å². The first-order valence-electron chi connectivity index (χ1n) is 8.33. The van der Waals surface area contributed by atoms with Gasteiger partial charge in [-0.25, -0.2) is 4.79 Å². The monoisotopic (exact) mass is 296 g/mol. The van der Waals surface area contributed by atoms with Gasteiger partial charge in [-0.3, -0.25) is 4.79 Å². The SMILES string of the molecule is CCC1CCCC(NC(=O)NC2(CC(=O)O)CCCC2)C1. The number of hydrogen-bond donors (Lipinski definition) is 3. The molecule has 0 heterocycles.